The van der Waals surface area contributed by atoms with E-state index in [2.05, 4.69) is 62.7 Å². The zero-order chi connectivity index (χ0) is 12.3. The summed E-state index contributed by atoms with van der Waals surface area (Å²) in [6, 6.07) is 4.59. The highest BCUT2D eigenvalue weighted by Crippen LogP contribution is 2.23. The SMILES string of the molecule is Cc1cc(C)c(CCC(Br)C(C)C)c(C)c1. The number of rotatable bonds is 4. The number of hydrogen-bond acceptors (Lipinski definition) is 0. The molecule has 0 saturated heterocycles. The van der Waals surface area contributed by atoms with Crippen molar-refractivity contribution in [1.82, 2.24) is 0 Å². The average molecular weight is 283 g/mol. The van der Waals surface area contributed by atoms with E-state index in [-0.39, 0.29) is 0 Å². The van der Waals surface area contributed by atoms with Crippen LogP contribution >= 0.6 is 15.9 Å². The number of alkyl halides is 1. The van der Waals surface area contributed by atoms with Crippen LogP contribution in [0.3, 0.4) is 0 Å². The maximum atomic E-state index is 3.76. The molecule has 0 bridgehead atoms. The first-order chi connectivity index (χ1) is 7.41. The van der Waals surface area contributed by atoms with Crippen LogP contribution in [0.5, 0.6) is 0 Å². The van der Waals surface area contributed by atoms with Crippen LogP contribution in [-0.2, 0) is 6.42 Å². The van der Waals surface area contributed by atoms with Crippen LogP contribution in [0.2, 0.25) is 0 Å². The molecule has 0 fully saturated rings. The van der Waals surface area contributed by atoms with Crippen molar-refractivity contribution >= 4 is 15.9 Å². The van der Waals surface area contributed by atoms with Gasteiger partial charge < -0.3 is 0 Å². The van der Waals surface area contributed by atoms with E-state index < -0.39 is 0 Å². The van der Waals surface area contributed by atoms with Crippen LogP contribution in [-0.4, -0.2) is 4.83 Å². The van der Waals surface area contributed by atoms with Gasteiger partial charge in [-0.25, -0.2) is 0 Å². The normalized spacial score (nSPS) is 13.2. The minimum atomic E-state index is 0.632. The summed E-state index contributed by atoms with van der Waals surface area (Å²) in [5.74, 6) is 0.714. The maximum Gasteiger partial charge on any atom is 0.0172 e. The Balaban J connectivity index is 2.74. The Kier molecular flexibility index (Phi) is 5.04. The van der Waals surface area contributed by atoms with Gasteiger partial charge in [-0.05, 0) is 56.2 Å². The lowest BCUT2D eigenvalue weighted by molar-refractivity contribution is 0.580. The van der Waals surface area contributed by atoms with Gasteiger partial charge >= 0.3 is 0 Å². The minimum absolute atomic E-state index is 0.632. The molecule has 0 nitrogen and oxygen atoms in total. The van der Waals surface area contributed by atoms with E-state index in [4.69, 9.17) is 0 Å². The molecule has 0 aromatic heterocycles. The van der Waals surface area contributed by atoms with E-state index in [1.807, 2.05) is 0 Å². The van der Waals surface area contributed by atoms with Gasteiger partial charge in [0.2, 0.25) is 0 Å². The number of benzene rings is 1. The molecule has 0 amide bonds. The Morgan fingerprint density at radius 3 is 2.00 bits per heavy atom. The standard InChI is InChI=1S/C15H23Br/c1-10(2)15(16)7-6-14-12(4)8-11(3)9-13(14)5/h8-10,15H,6-7H2,1-5H3. The Morgan fingerprint density at radius 1 is 1.06 bits per heavy atom. The highest BCUT2D eigenvalue weighted by Gasteiger charge is 2.11. The molecule has 0 saturated carbocycles. The lowest BCUT2D eigenvalue weighted by Crippen LogP contribution is -2.09. The second kappa shape index (κ2) is 5.86. The van der Waals surface area contributed by atoms with Crippen molar-refractivity contribution < 1.29 is 0 Å². The molecule has 0 heterocycles. The molecule has 1 heteroatoms. The van der Waals surface area contributed by atoms with E-state index in [0.29, 0.717) is 10.7 Å². The van der Waals surface area contributed by atoms with Gasteiger partial charge in [-0.3, -0.25) is 0 Å². The van der Waals surface area contributed by atoms with E-state index in [9.17, 15) is 0 Å². The zero-order valence-corrected chi connectivity index (χ0v) is 12.7. The fourth-order valence-corrected chi connectivity index (χ4v) is 2.45. The lowest BCUT2D eigenvalue weighted by atomic mass is 9.94. The summed E-state index contributed by atoms with van der Waals surface area (Å²) >= 11 is 3.76. The second-order valence-electron chi connectivity index (χ2n) is 5.18. The third kappa shape index (κ3) is 3.62. The molecule has 0 aliphatic carbocycles. The summed E-state index contributed by atoms with van der Waals surface area (Å²) in [7, 11) is 0. The number of aryl methyl sites for hydroxylation is 3. The molecule has 0 radical (unpaired) electrons. The van der Waals surface area contributed by atoms with Gasteiger partial charge in [-0.1, -0.05) is 47.5 Å². The first kappa shape index (κ1) is 13.8. The van der Waals surface area contributed by atoms with Crippen LogP contribution < -0.4 is 0 Å². The monoisotopic (exact) mass is 282 g/mol. The molecular weight excluding hydrogens is 260 g/mol. The van der Waals surface area contributed by atoms with Crippen molar-refractivity contribution in [2.45, 2.75) is 52.3 Å². The summed E-state index contributed by atoms with van der Waals surface area (Å²) in [6.45, 7) is 11.2. The average Bonchev–Trinajstić information content (AvgIpc) is 2.15. The smallest absolute Gasteiger partial charge is 0.0172 e. The largest absolute Gasteiger partial charge is 0.0888 e. The number of halogens is 1. The molecular formula is C15H23Br. The third-order valence-corrected chi connectivity index (χ3v) is 4.75. The molecule has 0 aliphatic heterocycles. The van der Waals surface area contributed by atoms with E-state index >= 15 is 0 Å². The summed E-state index contributed by atoms with van der Waals surface area (Å²) in [4.78, 5) is 0.632. The topological polar surface area (TPSA) is 0 Å². The van der Waals surface area contributed by atoms with Gasteiger partial charge in [0.15, 0.2) is 0 Å². The molecule has 1 unspecified atom stereocenters. The van der Waals surface area contributed by atoms with Gasteiger partial charge in [0, 0.05) is 4.83 Å². The molecule has 0 spiro atoms. The highest BCUT2D eigenvalue weighted by molar-refractivity contribution is 9.09. The first-order valence-corrected chi connectivity index (χ1v) is 7.04. The van der Waals surface area contributed by atoms with E-state index in [1.165, 1.54) is 35.1 Å². The fraction of sp³-hybridized carbons (Fsp3) is 0.600. The van der Waals surface area contributed by atoms with Crippen LogP contribution in [0, 0.1) is 26.7 Å². The predicted molar refractivity (Wildman–Crippen MR) is 76.5 cm³/mol. The van der Waals surface area contributed by atoms with Crippen molar-refractivity contribution in [2.75, 3.05) is 0 Å². The van der Waals surface area contributed by atoms with Gasteiger partial charge in [-0.15, -0.1) is 0 Å². The first-order valence-electron chi connectivity index (χ1n) is 6.12. The van der Waals surface area contributed by atoms with Gasteiger partial charge in [0.05, 0.1) is 0 Å². The predicted octanol–water partition coefficient (Wildman–Crippen LogP) is 4.96. The summed E-state index contributed by atoms with van der Waals surface area (Å²) < 4.78 is 0. The lowest BCUT2D eigenvalue weighted by Gasteiger charge is -2.16. The summed E-state index contributed by atoms with van der Waals surface area (Å²) in [5, 5.41) is 0. The van der Waals surface area contributed by atoms with E-state index in [1.54, 1.807) is 0 Å². The third-order valence-electron chi connectivity index (χ3n) is 3.23. The number of hydrogen-bond donors (Lipinski definition) is 0. The van der Waals surface area contributed by atoms with Crippen molar-refractivity contribution in [2.24, 2.45) is 5.92 Å². The van der Waals surface area contributed by atoms with Gasteiger partial charge in [-0.2, -0.15) is 0 Å². The second-order valence-corrected chi connectivity index (χ2v) is 6.35. The van der Waals surface area contributed by atoms with Crippen LogP contribution in [0.25, 0.3) is 0 Å². The molecule has 90 valence electrons. The molecule has 0 N–H and O–H groups in total. The Hall–Kier alpha value is -0.300. The van der Waals surface area contributed by atoms with Crippen molar-refractivity contribution in [3.05, 3.63) is 34.4 Å². The fourth-order valence-electron chi connectivity index (χ4n) is 2.22. The molecule has 0 aliphatic rings. The maximum absolute atomic E-state index is 3.76. The zero-order valence-electron chi connectivity index (χ0n) is 11.1. The van der Waals surface area contributed by atoms with Crippen molar-refractivity contribution in [3.63, 3.8) is 0 Å². The van der Waals surface area contributed by atoms with Crippen molar-refractivity contribution in [1.29, 1.82) is 0 Å². The Morgan fingerprint density at radius 2 is 1.56 bits per heavy atom. The van der Waals surface area contributed by atoms with Crippen molar-refractivity contribution in [3.8, 4) is 0 Å². The van der Waals surface area contributed by atoms with Crippen LogP contribution in [0.1, 0.15) is 42.5 Å². The quantitative estimate of drug-likeness (QED) is 0.685. The molecule has 1 aromatic rings. The highest BCUT2D eigenvalue weighted by atomic mass is 79.9. The Bertz CT molecular complexity index is 329. The van der Waals surface area contributed by atoms with Gasteiger partial charge in [0.1, 0.15) is 0 Å². The van der Waals surface area contributed by atoms with Crippen LogP contribution in [0.4, 0.5) is 0 Å². The molecule has 16 heavy (non-hydrogen) atoms. The van der Waals surface area contributed by atoms with Gasteiger partial charge in [0.25, 0.3) is 0 Å². The molecule has 1 rings (SSSR count). The summed E-state index contributed by atoms with van der Waals surface area (Å²) in [5.41, 5.74) is 5.80. The Labute approximate surface area is 109 Å². The minimum Gasteiger partial charge on any atom is -0.0888 e. The van der Waals surface area contributed by atoms with E-state index in [0.717, 1.165) is 0 Å². The summed E-state index contributed by atoms with van der Waals surface area (Å²) in [6.07, 6.45) is 2.41. The molecule has 1 aromatic carbocycles. The van der Waals surface area contributed by atoms with Crippen LogP contribution in [0.15, 0.2) is 12.1 Å². The molecule has 1 atom stereocenters.